The van der Waals surface area contributed by atoms with E-state index in [-0.39, 0.29) is 11.4 Å². The maximum atomic E-state index is 13.1. The molecule has 1 aromatic carbocycles. The zero-order valence-electron chi connectivity index (χ0n) is 12.4. The van der Waals surface area contributed by atoms with Gasteiger partial charge in [-0.25, -0.2) is 0 Å². The van der Waals surface area contributed by atoms with Crippen molar-refractivity contribution in [3.63, 3.8) is 0 Å². The molecule has 0 saturated carbocycles. The molecule has 1 amide bonds. The first kappa shape index (κ1) is 13.1. The molecule has 1 aromatic heterocycles. The van der Waals surface area contributed by atoms with Gasteiger partial charge in [-0.3, -0.25) is 4.79 Å². The van der Waals surface area contributed by atoms with Gasteiger partial charge in [0.05, 0.1) is 5.41 Å². The molecule has 2 aliphatic heterocycles. The Labute approximate surface area is 129 Å². The summed E-state index contributed by atoms with van der Waals surface area (Å²) >= 11 is 1.81. The van der Waals surface area contributed by atoms with Crippen LogP contribution in [0, 0.1) is 0 Å². The number of carbonyl (C=O) groups excluding carboxylic acids is 1. The van der Waals surface area contributed by atoms with Crippen LogP contribution in [0.3, 0.4) is 0 Å². The molecule has 1 fully saturated rings. The molecule has 2 nitrogen and oxygen atoms in total. The van der Waals surface area contributed by atoms with Crippen LogP contribution in [0.4, 0.5) is 0 Å². The number of fused-ring (bicyclic) bond motifs is 3. The van der Waals surface area contributed by atoms with Crippen LogP contribution in [0.25, 0.3) is 0 Å². The molecule has 1 saturated heterocycles. The number of benzene rings is 1. The molecule has 0 bridgehead atoms. The quantitative estimate of drug-likeness (QED) is 0.781. The van der Waals surface area contributed by atoms with E-state index in [0.717, 1.165) is 19.4 Å². The van der Waals surface area contributed by atoms with E-state index in [4.69, 9.17) is 0 Å². The Morgan fingerprint density at radius 3 is 2.67 bits per heavy atom. The Morgan fingerprint density at radius 1 is 1.14 bits per heavy atom. The van der Waals surface area contributed by atoms with Gasteiger partial charge < -0.3 is 4.90 Å². The number of carbonyl (C=O) groups is 1. The average molecular weight is 297 g/mol. The topological polar surface area (TPSA) is 20.3 Å². The van der Waals surface area contributed by atoms with Crippen LogP contribution in [-0.4, -0.2) is 17.4 Å². The molecule has 1 atom stereocenters. The van der Waals surface area contributed by atoms with Crippen molar-refractivity contribution in [3.05, 3.63) is 57.8 Å². The van der Waals surface area contributed by atoms with E-state index in [1.807, 2.05) is 6.07 Å². The lowest BCUT2D eigenvalue weighted by molar-refractivity contribution is -0.141. The van der Waals surface area contributed by atoms with Gasteiger partial charge in [0.2, 0.25) is 5.91 Å². The second-order valence-electron chi connectivity index (χ2n) is 6.58. The number of thiophene rings is 1. The molecule has 2 aliphatic rings. The molecule has 0 radical (unpaired) electrons. The lowest BCUT2D eigenvalue weighted by atomic mass is 9.72. The fourth-order valence-electron chi connectivity index (χ4n) is 4.05. The van der Waals surface area contributed by atoms with Gasteiger partial charge in [-0.15, -0.1) is 11.3 Å². The molecule has 4 rings (SSSR count). The Kier molecular flexibility index (Phi) is 2.62. The maximum Gasteiger partial charge on any atom is 0.233 e. The predicted octanol–water partition coefficient (Wildman–Crippen LogP) is 3.91. The third kappa shape index (κ3) is 1.50. The zero-order chi connectivity index (χ0) is 14.7. The van der Waals surface area contributed by atoms with E-state index in [1.54, 1.807) is 11.3 Å². The average Bonchev–Trinajstić information content (AvgIpc) is 3.14. The highest BCUT2D eigenvalue weighted by Crippen LogP contribution is 2.54. The van der Waals surface area contributed by atoms with Crippen molar-refractivity contribution in [3.8, 4) is 0 Å². The first-order valence-electron chi connectivity index (χ1n) is 7.54. The minimum Gasteiger partial charge on any atom is -0.327 e. The minimum absolute atomic E-state index is 0.225. The summed E-state index contributed by atoms with van der Waals surface area (Å²) in [5.41, 5.74) is 1.85. The van der Waals surface area contributed by atoms with Gasteiger partial charge in [-0.1, -0.05) is 30.3 Å². The number of hydrogen-bond donors (Lipinski definition) is 0. The summed E-state index contributed by atoms with van der Waals surface area (Å²) in [6.45, 7) is 5.00. The normalized spacial score (nSPS) is 26.6. The van der Waals surface area contributed by atoms with Crippen LogP contribution < -0.4 is 0 Å². The molecule has 2 aromatic rings. The third-order valence-corrected chi connectivity index (χ3v) is 6.19. The summed E-state index contributed by atoms with van der Waals surface area (Å²) in [6, 6.07) is 12.7. The zero-order valence-corrected chi connectivity index (χ0v) is 13.2. The minimum atomic E-state index is -0.405. The van der Waals surface area contributed by atoms with Crippen LogP contribution in [-0.2, 0) is 15.7 Å². The van der Waals surface area contributed by atoms with Gasteiger partial charge in [-0.05, 0) is 49.3 Å². The largest absolute Gasteiger partial charge is 0.327 e. The monoisotopic (exact) mass is 297 g/mol. The Hall–Kier alpha value is -1.61. The second kappa shape index (κ2) is 4.20. The van der Waals surface area contributed by atoms with Crippen molar-refractivity contribution in [2.24, 2.45) is 0 Å². The van der Waals surface area contributed by atoms with E-state index in [1.165, 1.54) is 16.0 Å². The van der Waals surface area contributed by atoms with Crippen molar-refractivity contribution >= 4 is 17.2 Å². The molecule has 3 heteroatoms. The van der Waals surface area contributed by atoms with E-state index in [0.29, 0.717) is 0 Å². The molecule has 1 unspecified atom stereocenters. The number of amides is 1. The summed E-state index contributed by atoms with van der Waals surface area (Å²) in [7, 11) is 0. The van der Waals surface area contributed by atoms with Crippen LogP contribution >= 0.6 is 11.3 Å². The molecular weight excluding hydrogens is 278 g/mol. The maximum absolute atomic E-state index is 13.1. The van der Waals surface area contributed by atoms with Crippen molar-refractivity contribution in [1.82, 2.24) is 4.90 Å². The van der Waals surface area contributed by atoms with E-state index in [9.17, 15) is 4.79 Å². The summed E-state index contributed by atoms with van der Waals surface area (Å²) < 4.78 is 0. The van der Waals surface area contributed by atoms with Crippen molar-refractivity contribution in [2.45, 2.75) is 37.6 Å². The van der Waals surface area contributed by atoms with Crippen LogP contribution in [0.15, 0.2) is 41.8 Å². The van der Waals surface area contributed by atoms with Crippen LogP contribution in [0.1, 0.15) is 42.7 Å². The Bertz CT molecular complexity index is 703. The van der Waals surface area contributed by atoms with Crippen LogP contribution in [0.2, 0.25) is 0 Å². The first-order chi connectivity index (χ1) is 10.1. The summed E-state index contributed by atoms with van der Waals surface area (Å²) in [4.78, 5) is 16.6. The van der Waals surface area contributed by atoms with E-state index in [2.05, 4.69) is 54.5 Å². The van der Waals surface area contributed by atoms with Gasteiger partial charge in [0, 0.05) is 11.4 Å². The SMILES string of the molecule is CC1(C)C(=O)N2CCCC2(c2ccccc2)c2sccc21. The molecule has 21 heavy (non-hydrogen) atoms. The van der Waals surface area contributed by atoms with E-state index < -0.39 is 5.41 Å². The van der Waals surface area contributed by atoms with Gasteiger partial charge in [-0.2, -0.15) is 0 Å². The Balaban J connectivity index is 2.04. The molecule has 0 spiro atoms. The van der Waals surface area contributed by atoms with Crippen LogP contribution in [0.5, 0.6) is 0 Å². The Morgan fingerprint density at radius 2 is 1.90 bits per heavy atom. The van der Waals surface area contributed by atoms with Crippen molar-refractivity contribution in [2.75, 3.05) is 6.54 Å². The fourth-order valence-corrected chi connectivity index (χ4v) is 5.36. The molecule has 3 heterocycles. The van der Waals surface area contributed by atoms with Gasteiger partial charge in [0.1, 0.15) is 5.54 Å². The molecular formula is C18H19NOS. The van der Waals surface area contributed by atoms with Crippen molar-refractivity contribution < 1.29 is 4.79 Å². The fraction of sp³-hybridized carbons (Fsp3) is 0.389. The first-order valence-corrected chi connectivity index (χ1v) is 8.42. The van der Waals surface area contributed by atoms with Gasteiger partial charge in [0.15, 0.2) is 0 Å². The van der Waals surface area contributed by atoms with E-state index >= 15 is 0 Å². The summed E-state index contributed by atoms with van der Waals surface area (Å²) in [5.74, 6) is 0.273. The van der Waals surface area contributed by atoms with Gasteiger partial charge in [0.25, 0.3) is 0 Å². The summed E-state index contributed by atoms with van der Waals surface area (Å²) in [5, 5.41) is 2.15. The standard InChI is InChI=1S/C18H19NOS/c1-17(2)14-9-12-21-15(14)18(13-7-4-3-5-8-13)10-6-11-19(18)16(17)20/h3-5,7-9,12H,6,10-11H2,1-2H3. The third-order valence-electron chi connectivity index (χ3n) is 5.13. The number of nitrogens with zero attached hydrogens (tertiary/aromatic N) is 1. The lowest BCUT2D eigenvalue weighted by Gasteiger charge is -2.48. The number of hydrogen-bond acceptors (Lipinski definition) is 2. The lowest BCUT2D eigenvalue weighted by Crippen LogP contribution is -2.56. The number of rotatable bonds is 1. The molecule has 108 valence electrons. The highest BCUT2D eigenvalue weighted by Gasteiger charge is 2.56. The molecule has 0 N–H and O–H groups in total. The second-order valence-corrected chi connectivity index (χ2v) is 7.49. The smallest absolute Gasteiger partial charge is 0.233 e. The predicted molar refractivity (Wildman–Crippen MR) is 85.5 cm³/mol. The van der Waals surface area contributed by atoms with Gasteiger partial charge >= 0.3 is 0 Å². The molecule has 0 aliphatic carbocycles. The van der Waals surface area contributed by atoms with Crippen molar-refractivity contribution in [1.29, 1.82) is 0 Å². The summed E-state index contributed by atoms with van der Waals surface area (Å²) in [6.07, 6.45) is 2.11. The highest BCUT2D eigenvalue weighted by atomic mass is 32.1. The highest BCUT2D eigenvalue weighted by molar-refractivity contribution is 7.10.